The molecule has 0 fully saturated rings. The van der Waals surface area contributed by atoms with E-state index in [2.05, 4.69) is 176 Å². The number of aromatic nitrogens is 4. The molecule has 7 heteroatoms. The fraction of sp³-hybridized carbons (Fsp3) is 0. The van der Waals surface area contributed by atoms with Gasteiger partial charge in [-0.1, -0.05) is 133 Å². The van der Waals surface area contributed by atoms with Gasteiger partial charge in [0.05, 0.1) is 36.2 Å². The summed E-state index contributed by atoms with van der Waals surface area (Å²) < 4.78 is 0. The van der Waals surface area contributed by atoms with Crippen LogP contribution in [0, 0.1) is 0 Å². The molecule has 0 aliphatic rings. The summed E-state index contributed by atoms with van der Waals surface area (Å²) in [6, 6.07) is 56.0. The van der Waals surface area contributed by atoms with Gasteiger partial charge in [0.15, 0.2) is 0 Å². The van der Waals surface area contributed by atoms with Crippen LogP contribution >= 0.6 is 11.3 Å². The van der Waals surface area contributed by atoms with Gasteiger partial charge in [-0.15, -0.1) is 11.3 Å². The second kappa shape index (κ2) is 15.4. The van der Waals surface area contributed by atoms with E-state index in [0.29, 0.717) is 0 Å². The Balaban J connectivity index is 1.06. The third-order valence-electron chi connectivity index (χ3n) is 9.51. The quantitative estimate of drug-likeness (QED) is 0.146. The minimum Gasteiger partial charge on any atom is -0.352 e. The molecule has 0 saturated heterocycles. The maximum atomic E-state index is 4.25. The van der Waals surface area contributed by atoms with Gasteiger partial charge in [-0.25, -0.2) is 19.9 Å². The number of benzene rings is 6. The molecule has 3 aromatic heterocycles. The van der Waals surface area contributed by atoms with Gasteiger partial charge in [-0.3, -0.25) is 0 Å². The minimum absolute atomic E-state index is 0.820. The Morgan fingerprint density at radius 2 is 0.655 bits per heavy atom. The zero-order valence-electron chi connectivity index (χ0n) is 29.7. The summed E-state index contributed by atoms with van der Waals surface area (Å²) in [5.41, 5.74) is 15.1. The van der Waals surface area contributed by atoms with Crippen LogP contribution in [0.2, 0.25) is 0 Å². The second-order valence-corrected chi connectivity index (χ2v) is 14.2. The van der Waals surface area contributed by atoms with Crippen LogP contribution in [0.1, 0.15) is 0 Å². The van der Waals surface area contributed by atoms with E-state index in [9.17, 15) is 0 Å². The van der Waals surface area contributed by atoms with E-state index < -0.39 is 0 Å². The first-order valence-corrected chi connectivity index (χ1v) is 18.8. The van der Waals surface area contributed by atoms with Crippen molar-refractivity contribution >= 4 is 34.1 Å². The van der Waals surface area contributed by atoms with Gasteiger partial charge in [-0.2, -0.15) is 0 Å². The molecule has 0 unspecified atom stereocenters. The van der Waals surface area contributed by atoms with Crippen molar-refractivity contribution in [3.63, 3.8) is 0 Å². The van der Waals surface area contributed by atoms with E-state index in [0.717, 1.165) is 65.9 Å². The van der Waals surface area contributed by atoms with Crippen molar-refractivity contribution in [2.45, 2.75) is 0 Å². The van der Waals surface area contributed by atoms with E-state index >= 15 is 0 Å². The molecule has 0 saturated carbocycles. The Labute approximate surface area is 324 Å². The Morgan fingerprint density at radius 1 is 0.327 bits per heavy atom. The Kier molecular flexibility index (Phi) is 9.41. The molecular weight excluding hydrogens is 693 g/mol. The monoisotopic (exact) mass is 726 g/mol. The number of nitrogens with zero attached hydrogens (tertiary/aromatic N) is 4. The summed E-state index contributed by atoms with van der Waals surface area (Å²) in [5, 5.41) is 7.21. The maximum absolute atomic E-state index is 4.25. The third-order valence-corrected chi connectivity index (χ3v) is 10.7. The second-order valence-electron chi connectivity index (χ2n) is 13.1. The number of thiophene rings is 1. The van der Waals surface area contributed by atoms with Crippen molar-refractivity contribution in [3.8, 4) is 65.4 Å². The summed E-state index contributed by atoms with van der Waals surface area (Å²) in [5.74, 6) is 0. The predicted octanol–water partition coefficient (Wildman–Crippen LogP) is 12.8. The van der Waals surface area contributed by atoms with Crippen LogP contribution < -0.4 is 10.6 Å². The van der Waals surface area contributed by atoms with Crippen molar-refractivity contribution in [1.29, 1.82) is 0 Å². The highest BCUT2D eigenvalue weighted by molar-refractivity contribution is 7.19. The van der Waals surface area contributed by atoms with Gasteiger partial charge in [-0.05, 0) is 68.8 Å². The summed E-state index contributed by atoms with van der Waals surface area (Å²) in [6.45, 7) is 0. The molecular formula is C48H34N6S. The molecule has 3 heterocycles. The number of hydrogen-bond acceptors (Lipinski definition) is 7. The Bertz CT molecular complexity index is 2480. The van der Waals surface area contributed by atoms with E-state index in [4.69, 9.17) is 0 Å². The van der Waals surface area contributed by atoms with Gasteiger partial charge in [0, 0.05) is 32.3 Å². The van der Waals surface area contributed by atoms with Crippen LogP contribution in [0.15, 0.2) is 195 Å². The average molecular weight is 727 g/mol. The van der Waals surface area contributed by atoms with Gasteiger partial charge in [0.1, 0.15) is 12.7 Å². The van der Waals surface area contributed by atoms with Gasteiger partial charge < -0.3 is 10.6 Å². The summed E-state index contributed by atoms with van der Waals surface area (Å²) in [4.78, 5) is 19.3. The highest BCUT2D eigenvalue weighted by Gasteiger charge is 2.15. The molecule has 0 bridgehead atoms. The van der Waals surface area contributed by atoms with Crippen molar-refractivity contribution in [2.75, 3.05) is 10.6 Å². The van der Waals surface area contributed by atoms with Crippen molar-refractivity contribution in [2.24, 2.45) is 0 Å². The van der Waals surface area contributed by atoms with Crippen molar-refractivity contribution in [1.82, 2.24) is 19.9 Å². The molecule has 6 aromatic carbocycles. The van der Waals surface area contributed by atoms with Crippen LogP contribution in [0.5, 0.6) is 0 Å². The molecule has 262 valence electrons. The first kappa shape index (κ1) is 33.6. The van der Waals surface area contributed by atoms with E-state index in [1.165, 1.54) is 22.3 Å². The number of rotatable bonds is 10. The Hall–Kier alpha value is -7.22. The van der Waals surface area contributed by atoms with Gasteiger partial charge >= 0.3 is 0 Å². The summed E-state index contributed by atoms with van der Waals surface area (Å²) in [7, 11) is 0. The van der Waals surface area contributed by atoms with Gasteiger partial charge in [0.25, 0.3) is 0 Å². The molecule has 0 amide bonds. The molecule has 9 rings (SSSR count). The normalized spacial score (nSPS) is 10.9. The number of anilines is 4. The third kappa shape index (κ3) is 7.51. The van der Waals surface area contributed by atoms with E-state index in [1.54, 1.807) is 48.8 Å². The van der Waals surface area contributed by atoms with Crippen LogP contribution in [0.3, 0.4) is 0 Å². The molecule has 0 radical (unpaired) electrons. The first-order valence-electron chi connectivity index (χ1n) is 18.0. The lowest BCUT2D eigenvalue weighted by Crippen LogP contribution is -1.95. The summed E-state index contributed by atoms with van der Waals surface area (Å²) in [6.07, 6.45) is 10.3. The first-order chi connectivity index (χ1) is 27.2. The average Bonchev–Trinajstić information content (AvgIpc) is 3.75. The van der Waals surface area contributed by atoms with Crippen LogP contribution in [0.4, 0.5) is 22.7 Å². The van der Waals surface area contributed by atoms with Crippen LogP contribution in [-0.4, -0.2) is 19.9 Å². The zero-order valence-corrected chi connectivity index (χ0v) is 30.5. The van der Waals surface area contributed by atoms with Crippen LogP contribution in [0.25, 0.3) is 65.4 Å². The molecule has 0 atom stereocenters. The molecule has 0 aliphatic carbocycles. The fourth-order valence-electron chi connectivity index (χ4n) is 6.72. The smallest absolute Gasteiger partial charge is 0.115 e. The van der Waals surface area contributed by atoms with Gasteiger partial charge in [0.2, 0.25) is 0 Å². The molecule has 55 heavy (non-hydrogen) atoms. The predicted molar refractivity (Wildman–Crippen MR) is 228 cm³/mol. The summed E-state index contributed by atoms with van der Waals surface area (Å²) >= 11 is 1.75. The number of nitrogens with one attached hydrogen (secondary N) is 2. The Morgan fingerprint density at radius 3 is 1.04 bits per heavy atom. The lowest BCUT2D eigenvalue weighted by molar-refractivity contribution is 1.17. The van der Waals surface area contributed by atoms with Crippen molar-refractivity contribution < 1.29 is 0 Å². The van der Waals surface area contributed by atoms with E-state index in [-0.39, 0.29) is 0 Å². The highest BCUT2D eigenvalue weighted by atomic mass is 32.1. The van der Waals surface area contributed by atoms with Crippen LogP contribution in [-0.2, 0) is 0 Å². The highest BCUT2D eigenvalue weighted by Crippen LogP contribution is 2.43. The van der Waals surface area contributed by atoms with Crippen molar-refractivity contribution in [3.05, 3.63) is 195 Å². The molecule has 9 aromatic rings. The molecule has 2 N–H and O–H groups in total. The lowest BCUT2D eigenvalue weighted by atomic mass is 9.98. The maximum Gasteiger partial charge on any atom is 0.115 e. The minimum atomic E-state index is 0.820. The largest absolute Gasteiger partial charge is 0.352 e. The standard InChI is InChI=1S/C48H34N6S/c1-3-7-33(8-4-1)35-11-15-37(16-12-35)39-19-21-43(45(25-39)53-41-27-49-31-50-28-41)47-23-24-48(55-47)44-22-20-40(26-46(44)54-42-29-51-32-52-30-42)38-17-13-36(14-18-38)34-9-5-2-6-10-34/h1-32,53-54H. The molecule has 6 nitrogen and oxygen atoms in total. The SMILES string of the molecule is c1ccc(-c2ccc(-c3ccc(-c4ccc(-c5ccc(-c6ccc(-c7ccccc7)cc6)cc5Nc5cncnc5)s4)c(Nc4cncnc4)c3)cc2)cc1. The molecule has 0 spiro atoms. The topological polar surface area (TPSA) is 75.6 Å². The zero-order chi connectivity index (χ0) is 36.8. The van der Waals surface area contributed by atoms with E-state index in [1.807, 2.05) is 12.1 Å². The number of hydrogen-bond donors (Lipinski definition) is 2. The lowest BCUT2D eigenvalue weighted by Gasteiger charge is -2.14. The molecule has 0 aliphatic heterocycles. The fourth-order valence-corrected chi connectivity index (χ4v) is 7.81.